The molecule has 4 rings (SSSR count). The van der Waals surface area contributed by atoms with Crippen LogP contribution < -0.4 is 0 Å². The Morgan fingerprint density at radius 1 is 1.00 bits per heavy atom. The van der Waals surface area contributed by atoms with Gasteiger partial charge in [-0.25, -0.2) is 0 Å². The van der Waals surface area contributed by atoms with Crippen LogP contribution in [-0.4, -0.2) is 52.8 Å². The van der Waals surface area contributed by atoms with Gasteiger partial charge in [0.05, 0.1) is 0 Å². The standard InChI is InChI=1S/C19H22BrN3O2/c20-15-5-6-16-14(11-15)12-17(21-16)19(25)23-9-7-22(8-10-23)18(24)13-3-1-2-4-13/h5-6,11-13,21H,1-4,7-10H2. The van der Waals surface area contributed by atoms with E-state index >= 15 is 0 Å². The number of nitrogens with one attached hydrogen (secondary N) is 1. The lowest BCUT2D eigenvalue weighted by Gasteiger charge is -2.35. The Bertz CT molecular complexity index is 802. The predicted molar refractivity (Wildman–Crippen MR) is 100 cm³/mol. The number of benzene rings is 1. The SMILES string of the molecule is O=C(c1cc2cc(Br)ccc2[nH]1)N1CCN(C(=O)C2CCCC2)CC1. The molecule has 132 valence electrons. The average Bonchev–Trinajstić information content (AvgIpc) is 3.30. The number of H-pyrrole nitrogens is 1. The van der Waals surface area contributed by atoms with E-state index in [0.29, 0.717) is 37.8 Å². The number of aromatic amines is 1. The molecular weight excluding hydrogens is 382 g/mol. The summed E-state index contributed by atoms with van der Waals surface area (Å²) in [7, 11) is 0. The van der Waals surface area contributed by atoms with E-state index in [2.05, 4.69) is 20.9 Å². The molecule has 1 N–H and O–H groups in total. The number of piperazine rings is 1. The van der Waals surface area contributed by atoms with E-state index in [-0.39, 0.29) is 11.8 Å². The van der Waals surface area contributed by atoms with Crippen molar-refractivity contribution in [3.63, 3.8) is 0 Å². The molecule has 1 aromatic carbocycles. The lowest BCUT2D eigenvalue weighted by Crippen LogP contribution is -2.51. The van der Waals surface area contributed by atoms with E-state index < -0.39 is 0 Å². The van der Waals surface area contributed by atoms with Crippen LogP contribution in [0.3, 0.4) is 0 Å². The zero-order chi connectivity index (χ0) is 17.4. The maximum Gasteiger partial charge on any atom is 0.270 e. The average molecular weight is 404 g/mol. The largest absolute Gasteiger partial charge is 0.351 e. The summed E-state index contributed by atoms with van der Waals surface area (Å²) in [5.74, 6) is 0.523. The van der Waals surface area contributed by atoms with Gasteiger partial charge in [0.25, 0.3) is 5.91 Å². The van der Waals surface area contributed by atoms with Crippen LogP contribution in [0.25, 0.3) is 10.9 Å². The number of rotatable bonds is 2. The Morgan fingerprint density at radius 2 is 1.68 bits per heavy atom. The van der Waals surface area contributed by atoms with Crippen LogP contribution in [0.2, 0.25) is 0 Å². The minimum Gasteiger partial charge on any atom is -0.351 e. The first-order valence-corrected chi connectivity index (χ1v) is 9.77. The number of carbonyl (C=O) groups excluding carboxylic acids is 2. The molecule has 2 aromatic rings. The van der Waals surface area contributed by atoms with Crippen molar-refractivity contribution in [1.29, 1.82) is 0 Å². The van der Waals surface area contributed by atoms with Crippen molar-refractivity contribution in [3.8, 4) is 0 Å². The molecule has 0 radical (unpaired) electrons. The van der Waals surface area contributed by atoms with Gasteiger partial charge in [0.1, 0.15) is 5.69 Å². The Labute approximate surface area is 155 Å². The summed E-state index contributed by atoms with van der Waals surface area (Å²) in [4.78, 5) is 32.3. The van der Waals surface area contributed by atoms with Gasteiger partial charge in [-0.15, -0.1) is 0 Å². The van der Waals surface area contributed by atoms with Gasteiger partial charge in [-0.2, -0.15) is 0 Å². The zero-order valence-corrected chi connectivity index (χ0v) is 15.7. The van der Waals surface area contributed by atoms with Crippen LogP contribution in [-0.2, 0) is 4.79 Å². The Morgan fingerprint density at radius 3 is 2.40 bits per heavy atom. The molecule has 1 aliphatic heterocycles. The van der Waals surface area contributed by atoms with Crippen molar-refractivity contribution in [3.05, 3.63) is 34.4 Å². The molecule has 0 atom stereocenters. The first-order valence-electron chi connectivity index (χ1n) is 8.98. The molecule has 2 aliphatic rings. The Balaban J connectivity index is 1.41. The van der Waals surface area contributed by atoms with E-state index in [1.54, 1.807) is 0 Å². The van der Waals surface area contributed by atoms with Gasteiger partial charge in [0, 0.05) is 47.5 Å². The second kappa shape index (κ2) is 6.83. The zero-order valence-electron chi connectivity index (χ0n) is 14.1. The number of hydrogen-bond donors (Lipinski definition) is 1. The number of nitrogens with zero attached hydrogens (tertiary/aromatic N) is 2. The topological polar surface area (TPSA) is 56.4 Å². The molecule has 1 aromatic heterocycles. The smallest absolute Gasteiger partial charge is 0.270 e. The van der Waals surface area contributed by atoms with Gasteiger partial charge in [0.2, 0.25) is 5.91 Å². The van der Waals surface area contributed by atoms with E-state index in [1.807, 2.05) is 34.1 Å². The highest BCUT2D eigenvalue weighted by Gasteiger charge is 2.31. The summed E-state index contributed by atoms with van der Waals surface area (Å²) >= 11 is 3.46. The third-order valence-corrected chi connectivity index (χ3v) is 5.89. The van der Waals surface area contributed by atoms with Gasteiger partial charge in [-0.1, -0.05) is 28.8 Å². The Hall–Kier alpha value is -1.82. The number of hydrogen-bond acceptors (Lipinski definition) is 2. The van der Waals surface area contributed by atoms with Crippen LogP contribution >= 0.6 is 15.9 Å². The molecule has 0 unspecified atom stereocenters. The normalized spacial score (nSPS) is 18.9. The van der Waals surface area contributed by atoms with Crippen molar-refractivity contribution >= 4 is 38.6 Å². The predicted octanol–water partition coefficient (Wildman–Crippen LogP) is 3.41. The van der Waals surface area contributed by atoms with Crippen molar-refractivity contribution in [1.82, 2.24) is 14.8 Å². The van der Waals surface area contributed by atoms with Gasteiger partial charge in [0.15, 0.2) is 0 Å². The fourth-order valence-corrected chi connectivity index (χ4v) is 4.33. The molecular formula is C19H22BrN3O2. The van der Waals surface area contributed by atoms with E-state index in [1.165, 1.54) is 12.8 Å². The Kier molecular flexibility index (Phi) is 4.54. The number of aromatic nitrogens is 1. The molecule has 6 heteroatoms. The summed E-state index contributed by atoms with van der Waals surface area (Å²) in [5, 5.41) is 1.02. The van der Waals surface area contributed by atoms with Crippen LogP contribution in [0.15, 0.2) is 28.7 Å². The van der Waals surface area contributed by atoms with Crippen molar-refractivity contribution in [2.45, 2.75) is 25.7 Å². The highest BCUT2D eigenvalue weighted by molar-refractivity contribution is 9.10. The lowest BCUT2D eigenvalue weighted by atomic mass is 10.1. The first-order chi connectivity index (χ1) is 12.1. The maximum absolute atomic E-state index is 12.8. The summed E-state index contributed by atoms with van der Waals surface area (Å²) in [6.07, 6.45) is 4.40. The third kappa shape index (κ3) is 3.32. The molecule has 0 spiro atoms. The molecule has 0 bridgehead atoms. The minimum atomic E-state index is 0.0142. The summed E-state index contributed by atoms with van der Waals surface area (Å²) in [6, 6.07) is 7.83. The van der Waals surface area contributed by atoms with Crippen LogP contribution in [0.4, 0.5) is 0 Å². The van der Waals surface area contributed by atoms with Crippen molar-refractivity contribution < 1.29 is 9.59 Å². The number of halogens is 1. The number of fused-ring (bicyclic) bond motifs is 1. The fourth-order valence-electron chi connectivity index (χ4n) is 3.95. The van der Waals surface area contributed by atoms with E-state index in [4.69, 9.17) is 0 Å². The molecule has 5 nitrogen and oxygen atoms in total. The number of amides is 2. The summed E-state index contributed by atoms with van der Waals surface area (Å²) in [5.41, 5.74) is 1.57. The maximum atomic E-state index is 12.8. The highest BCUT2D eigenvalue weighted by Crippen LogP contribution is 2.27. The second-order valence-corrected chi connectivity index (χ2v) is 7.93. The third-order valence-electron chi connectivity index (χ3n) is 5.40. The highest BCUT2D eigenvalue weighted by atomic mass is 79.9. The van der Waals surface area contributed by atoms with Gasteiger partial charge < -0.3 is 14.8 Å². The van der Waals surface area contributed by atoms with Gasteiger partial charge >= 0.3 is 0 Å². The molecule has 25 heavy (non-hydrogen) atoms. The van der Waals surface area contributed by atoms with Gasteiger partial charge in [-0.3, -0.25) is 9.59 Å². The number of carbonyl (C=O) groups is 2. The summed E-state index contributed by atoms with van der Waals surface area (Å²) < 4.78 is 0.997. The molecule has 1 aliphatic carbocycles. The van der Waals surface area contributed by atoms with Crippen LogP contribution in [0, 0.1) is 5.92 Å². The summed E-state index contributed by atoms with van der Waals surface area (Å²) in [6.45, 7) is 2.51. The van der Waals surface area contributed by atoms with E-state index in [9.17, 15) is 9.59 Å². The van der Waals surface area contributed by atoms with Crippen LogP contribution in [0.5, 0.6) is 0 Å². The van der Waals surface area contributed by atoms with Gasteiger partial charge in [-0.05, 0) is 37.1 Å². The molecule has 2 amide bonds. The van der Waals surface area contributed by atoms with Crippen LogP contribution in [0.1, 0.15) is 36.2 Å². The molecule has 1 saturated carbocycles. The second-order valence-electron chi connectivity index (χ2n) is 7.01. The van der Waals surface area contributed by atoms with Crippen molar-refractivity contribution in [2.75, 3.05) is 26.2 Å². The molecule has 1 saturated heterocycles. The van der Waals surface area contributed by atoms with E-state index in [0.717, 1.165) is 28.2 Å². The quantitative estimate of drug-likeness (QED) is 0.834. The lowest BCUT2D eigenvalue weighted by molar-refractivity contribution is -0.136. The first kappa shape index (κ1) is 16.6. The van der Waals surface area contributed by atoms with Crippen molar-refractivity contribution in [2.24, 2.45) is 5.92 Å². The molecule has 2 heterocycles. The fraction of sp³-hybridized carbons (Fsp3) is 0.474. The molecule has 2 fully saturated rings. The monoisotopic (exact) mass is 403 g/mol. The minimum absolute atomic E-state index is 0.0142.